The minimum Gasteiger partial charge on any atom is -0.326 e. The zero-order valence-corrected chi connectivity index (χ0v) is 15.6. The lowest BCUT2D eigenvalue weighted by atomic mass is 10.0. The minimum atomic E-state index is -4.45. The monoisotopic (exact) mass is 407 g/mol. The number of pyridine rings is 1. The molecule has 1 saturated carbocycles. The van der Waals surface area contributed by atoms with E-state index in [1.807, 2.05) is 0 Å². The molecule has 4 nitrogen and oxygen atoms in total. The molecule has 1 fully saturated rings. The number of nitrogens with one attached hydrogen (secondary N) is 1. The molecule has 8 heteroatoms. The van der Waals surface area contributed by atoms with E-state index in [2.05, 4.69) is 15.3 Å². The van der Waals surface area contributed by atoms with E-state index in [0.717, 1.165) is 37.9 Å². The van der Waals surface area contributed by atoms with Crippen LogP contribution in [0.5, 0.6) is 0 Å². The van der Waals surface area contributed by atoms with Gasteiger partial charge in [0.15, 0.2) is 5.82 Å². The van der Waals surface area contributed by atoms with E-state index < -0.39 is 11.7 Å². The number of anilines is 1. The summed E-state index contributed by atoms with van der Waals surface area (Å²) in [5, 5.41) is 3.33. The Balaban J connectivity index is 1.56. The molecule has 1 aromatic carbocycles. The highest BCUT2D eigenvalue weighted by molar-refractivity contribution is 6.34. The van der Waals surface area contributed by atoms with Gasteiger partial charge in [-0.2, -0.15) is 13.2 Å². The predicted molar refractivity (Wildman–Crippen MR) is 101 cm³/mol. The lowest BCUT2D eigenvalue weighted by Crippen LogP contribution is -2.20. The molecule has 1 aromatic heterocycles. The van der Waals surface area contributed by atoms with Gasteiger partial charge in [-0.1, -0.05) is 24.4 Å². The number of aliphatic imine (C=N–C) groups is 1. The zero-order chi connectivity index (χ0) is 19.9. The number of carbonyl (C=O) groups is 1. The fourth-order valence-electron chi connectivity index (χ4n) is 3.65. The fraction of sp³-hybridized carbons (Fsp3) is 0.350. The van der Waals surface area contributed by atoms with E-state index in [1.165, 1.54) is 0 Å². The van der Waals surface area contributed by atoms with Gasteiger partial charge in [-0.3, -0.25) is 4.79 Å². The Morgan fingerprint density at radius 3 is 2.64 bits per heavy atom. The van der Waals surface area contributed by atoms with Crippen molar-refractivity contribution in [3.05, 3.63) is 52.2 Å². The number of halogens is 4. The predicted octanol–water partition coefficient (Wildman–Crippen LogP) is 5.56. The number of hydrogen-bond acceptors (Lipinski definition) is 3. The first-order valence-corrected chi connectivity index (χ1v) is 9.43. The van der Waals surface area contributed by atoms with Crippen molar-refractivity contribution in [2.45, 2.75) is 38.3 Å². The molecule has 1 aliphatic carbocycles. The van der Waals surface area contributed by atoms with Crippen LogP contribution in [0.2, 0.25) is 5.02 Å². The molecule has 2 aromatic rings. The number of alkyl halides is 3. The minimum absolute atomic E-state index is 0.0149. The van der Waals surface area contributed by atoms with Crippen LogP contribution in [-0.2, 0) is 17.4 Å². The highest BCUT2D eigenvalue weighted by Crippen LogP contribution is 2.35. The molecule has 2 heterocycles. The number of nitrogens with zero attached hydrogens (tertiary/aromatic N) is 2. The first-order valence-electron chi connectivity index (χ1n) is 9.06. The summed E-state index contributed by atoms with van der Waals surface area (Å²) in [4.78, 5) is 20.5. The number of rotatable bonds is 3. The van der Waals surface area contributed by atoms with Crippen molar-refractivity contribution >= 4 is 34.7 Å². The molecule has 1 aliphatic heterocycles. The second kappa shape index (κ2) is 7.20. The van der Waals surface area contributed by atoms with Gasteiger partial charge in [0.2, 0.25) is 5.91 Å². The molecular weight excluding hydrogens is 391 g/mol. The highest BCUT2D eigenvalue weighted by atomic mass is 35.5. The molecule has 0 atom stereocenters. The van der Waals surface area contributed by atoms with Crippen LogP contribution in [0, 0.1) is 5.92 Å². The van der Waals surface area contributed by atoms with E-state index >= 15 is 0 Å². The van der Waals surface area contributed by atoms with Crippen molar-refractivity contribution in [2.75, 3.05) is 5.32 Å². The zero-order valence-electron chi connectivity index (χ0n) is 14.8. The number of carbonyl (C=O) groups excluding carboxylic acids is 1. The summed E-state index contributed by atoms with van der Waals surface area (Å²) < 4.78 is 38.7. The van der Waals surface area contributed by atoms with Crippen LogP contribution in [0.25, 0.3) is 0 Å². The Labute approximate surface area is 164 Å². The second-order valence-electron chi connectivity index (χ2n) is 7.11. The van der Waals surface area contributed by atoms with E-state index in [-0.39, 0.29) is 24.1 Å². The lowest BCUT2D eigenvalue weighted by Gasteiger charge is -2.12. The quantitative estimate of drug-likeness (QED) is 0.724. The molecule has 1 N–H and O–H groups in total. The molecule has 146 valence electrons. The largest absolute Gasteiger partial charge is 0.417 e. The molecule has 2 aliphatic rings. The molecule has 0 radical (unpaired) electrons. The second-order valence-corrected chi connectivity index (χ2v) is 7.51. The molecule has 0 saturated heterocycles. The topological polar surface area (TPSA) is 54.4 Å². The van der Waals surface area contributed by atoms with E-state index in [9.17, 15) is 18.0 Å². The average molecular weight is 408 g/mol. The van der Waals surface area contributed by atoms with Crippen LogP contribution >= 0.6 is 11.6 Å². The number of amides is 1. The van der Waals surface area contributed by atoms with Crippen LogP contribution in [0.15, 0.2) is 35.5 Å². The highest BCUT2D eigenvalue weighted by Gasteiger charge is 2.33. The number of hydrogen-bond donors (Lipinski definition) is 1. The maximum atomic E-state index is 12.9. The van der Waals surface area contributed by atoms with Crippen molar-refractivity contribution in [1.29, 1.82) is 0 Å². The van der Waals surface area contributed by atoms with Gasteiger partial charge in [0.1, 0.15) is 0 Å². The van der Waals surface area contributed by atoms with E-state index in [0.29, 0.717) is 27.5 Å². The Morgan fingerprint density at radius 1 is 1.18 bits per heavy atom. The number of aromatic nitrogens is 1. The normalized spacial score (nSPS) is 16.8. The van der Waals surface area contributed by atoms with Crippen molar-refractivity contribution in [2.24, 2.45) is 10.9 Å². The van der Waals surface area contributed by atoms with Crippen molar-refractivity contribution in [1.82, 2.24) is 4.98 Å². The first-order chi connectivity index (χ1) is 13.3. The maximum absolute atomic E-state index is 12.9. The van der Waals surface area contributed by atoms with Crippen LogP contribution in [0.3, 0.4) is 0 Å². The van der Waals surface area contributed by atoms with Gasteiger partial charge in [-0.15, -0.1) is 0 Å². The Morgan fingerprint density at radius 2 is 1.93 bits per heavy atom. The molecule has 0 spiro atoms. The number of benzene rings is 1. The Bertz CT molecular complexity index is 966. The van der Waals surface area contributed by atoms with Crippen molar-refractivity contribution in [3.8, 4) is 0 Å². The molecular formula is C20H17ClF3N3O. The smallest absolute Gasteiger partial charge is 0.326 e. The summed E-state index contributed by atoms with van der Waals surface area (Å²) in [6, 6.07) is 6.14. The van der Waals surface area contributed by atoms with Gasteiger partial charge >= 0.3 is 6.18 Å². The van der Waals surface area contributed by atoms with Crippen LogP contribution < -0.4 is 5.32 Å². The summed E-state index contributed by atoms with van der Waals surface area (Å²) in [7, 11) is 0. The van der Waals surface area contributed by atoms with E-state index in [1.54, 1.807) is 18.2 Å². The summed E-state index contributed by atoms with van der Waals surface area (Å²) in [6.07, 6.45) is 0.435. The Kier molecular flexibility index (Phi) is 4.87. The third-order valence-electron chi connectivity index (χ3n) is 5.14. The molecule has 0 unspecified atom stereocenters. The summed E-state index contributed by atoms with van der Waals surface area (Å²) in [6.45, 7) is 0. The SMILES string of the molecule is O=C(Nc1ccc(Cl)c(C2=Nc3ncc(C(F)(F)F)cc3C2)c1)C1CCCC1. The fourth-order valence-corrected chi connectivity index (χ4v) is 3.88. The van der Waals surface area contributed by atoms with Gasteiger partial charge < -0.3 is 5.32 Å². The van der Waals surface area contributed by atoms with Gasteiger partial charge in [0.25, 0.3) is 0 Å². The van der Waals surface area contributed by atoms with Gasteiger partial charge in [0, 0.05) is 40.4 Å². The first kappa shape index (κ1) is 18.9. The van der Waals surface area contributed by atoms with Crippen LogP contribution in [-0.4, -0.2) is 16.6 Å². The molecule has 28 heavy (non-hydrogen) atoms. The number of fused-ring (bicyclic) bond motifs is 1. The summed E-state index contributed by atoms with van der Waals surface area (Å²) in [5.74, 6) is 0.274. The van der Waals surface area contributed by atoms with Crippen LogP contribution in [0.4, 0.5) is 24.7 Å². The average Bonchev–Trinajstić information content (AvgIpc) is 3.31. The third-order valence-corrected chi connectivity index (χ3v) is 5.47. The Hall–Kier alpha value is -2.41. The molecule has 0 bridgehead atoms. The molecule has 1 amide bonds. The van der Waals surface area contributed by atoms with Crippen LogP contribution in [0.1, 0.15) is 42.4 Å². The lowest BCUT2D eigenvalue weighted by molar-refractivity contribution is -0.137. The van der Waals surface area contributed by atoms with Gasteiger partial charge in [-0.05, 0) is 37.1 Å². The van der Waals surface area contributed by atoms with Crippen molar-refractivity contribution < 1.29 is 18.0 Å². The molecule has 4 rings (SSSR count). The van der Waals surface area contributed by atoms with E-state index in [4.69, 9.17) is 11.6 Å². The van der Waals surface area contributed by atoms with Gasteiger partial charge in [0.05, 0.1) is 11.3 Å². The van der Waals surface area contributed by atoms with Crippen molar-refractivity contribution in [3.63, 3.8) is 0 Å². The summed E-state index contributed by atoms with van der Waals surface area (Å²) in [5.41, 5.74) is 1.31. The standard InChI is InChI=1S/C20H17ClF3N3O/c21-16-6-5-14(26-19(28)11-3-1-2-4-11)9-15(16)17-8-12-7-13(20(22,23)24)10-25-18(12)27-17/h5-7,9-11H,1-4,8H2,(H,26,28). The maximum Gasteiger partial charge on any atom is 0.417 e. The summed E-state index contributed by atoms with van der Waals surface area (Å²) >= 11 is 6.29. The van der Waals surface area contributed by atoms with Gasteiger partial charge in [-0.25, -0.2) is 9.98 Å². The third kappa shape index (κ3) is 3.76.